The molecule has 0 atom stereocenters. The maximum absolute atomic E-state index is 11.9. The number of rotatable bonds is 5. The Kier molecular flexibility index (Phi) is 6.04. The van der Waals surface area contributed by atoms with Gasteiger partial charge in [0, 0.05) is 0 Å². The lowest BCUT2D eigenvalue weighted by Gasteiger charge is -2.05. The Bertz CT molecular complexity index is 699. The van der Waals surface area contributed by atoms with Gasteiger partial charge >= 0.3 is 0 Å². The van der Waals surface area contributed by atoms with E-state index in [0.717, 1.165) is 32.3 Å². The summed E-state index contributed by atoms with van der Waals surface area (Å²) < 4.78 is 0.750. The van der Waals surface area contributed by atoms with Crippen molar-refractivity contribution in [2.75, 3.05) is 0 Å². The lowest BCUT2D eigenvalue weighted by molar-refractivity contribution is -0.113. The van der Waals surface area contributed by atoms with Gasteiger partial charge < -0.3 is 0 Å². The summed E-state index contributed by atoms with van der Waals surface area (Å²) in [6.45, 7) is 5.52. The third kappa shape index (κ3) is 4.61. The third-order valence-corrected chi connectivity index (χ3v) is 4.46. The number of thiocarbonyl (C=S) groups is 1. The molecule has 0 bridgehead atoms. The number of allylic oxidation sites excluding steroid dienone is 6. The van der Waals surface area contributed by atoms with Crippen molar-refractivity contribution in [1.82, 2.24) is 0 Å². The number of ketones is 1. The van der Waals surface area contributed by atoms with Gasteiger partial charge in [0.05, 0.1) is 21.2 Å². The molecule has 112 valence electrons. The van der Waals surface area contributed by atoms with Gasteiger partial charge in [-0.2, -0.15) is 0 Å². The standard InChI is InChI=1S/C18H17NOS2/c1-3-4-6-14(11-17-16(20)12-18(21)22-17)9-13-7-5-8-15(10-13)19-2/h3-8,10-11H,2,9,12H2,1H3/b4-3-,14-6+,17-11+. The van der Waals surface area contributed by atoms with Gasteiger partial charge in [-0.3, -0.25) is 9.79 Å². The Balaban J connectivity index is 2.27. The molecule has 0 aliphatic carbocycles. The van der Waals surface area contributed by atoms with Crippen molar-refractivity contribution < 1.29 is 4.79 Å². The molecule has 1 aliphatic heterocycles. The summed E-state index contributed by atoms with van der Waals surface area (Å²) in [7, 11) is 0. The normalized spacial score (nSPS) is 17.7. The fourth-order valence-corrected chi connectivity index (χ4v) is 3.34. The van der Waals surface area contributed by atoms with Crippen LogP contribution in [-0.2, 0) is 11.2 Å². The predicted octanol–water partition coefficient (Wildman–Crippen LogP) is 4.98. The molecule has 1 saturated heterocycles. The Morgan fingerprint density at radius 3 is 2.95 bits per heavy atom. The first-order valence-electron chi connectivity index (χ1n) is 6.95. The van der Waals surface area contributed by atoms with Crippen molar-refractivity contribution >= 4 is 46.4 Å². The zero-order valence-electron chi connectivity index (χ0n) is 12.4. The van der Waals surface area contributed by atoms with E-state index in [0.29, 0.717) is 6.42 Å². The van der Waals surface area contributed by atoms with Gasteiger partial charge in [0.25, 0.3) is 0 Å². The number of carbonyl (C=O) groups is 1. The van der Waals surface area contributed by atoms with Crippen molar-refractivity contribution in [1.29, 1.82) is 0 Å². The molecule has 0 aromatic heterocycles. The largest absolute Gasteiger partial charge is 0.293 e. The Hall–Kier alpha value is -1.78. The number of carbonyl (C=O) groups excluding carboxylic acids is 1. The molecule has 0 unspecified atom stereocenters. The van der Waals surface area contributed by atoms with E-state index in [9.17, 15) is 4.79 Å². The fourth-order valence-electron chi connectivity index (χ4n) is 2.09. The molecule has 22 heavy (non-hydrogen) atoms. The second-order valence-corrected chi connectivity index (χ2v) is 6.74. The number of aliphatic imine (C=N–C) groups is 1. The van der Waals surface area contributed by atoms with Crippen LogP contribution in [0.1, 0.15) is 18.9 Å². The van der Waals surface area contributed by atoms with Crippen LogP contribution in [0.4, 0.5) is 5.69 Å². The molecule has 1 heterocycles. The Labute approximate surface area is 140 Å². The summed E-state index contributed by atoms with van der Waals surface area (Å²) >= 11 is 6.53. The lowest BCUT2D eigenvalue weighted by Crippen LogP contribution is -1.94. The quantitative estimate of drug-likeness (QED) is 0.330. The van der Waals surface area contributed by atoms with E-state index < -0.39 is 0 Å². The van der Waals surface area contributed by atoms with Gasteiger partial charge in [0.15, 0.2) is 5.78 Å². The van der Waals surface area contributed by atoms with Gasteiger partial charge in [-0.05, 0) is 49.4 Å². The first-order valence-corrected chi connectivity index (χ1v) is 8.18. The average molecular weight is 327 g/mol. The molecule has 1 aromatic carbocycles. The second-order valence-electron chi connectivity index (χ2n) is 4.85. The molecule has 1 aliphatic rings. The van der Waals surface area contributed by atoms with Crippen molar-refractivity contribution in [3.05, 3.63) is 64.6 Å². The minimum Gasteiger partial charge on any atom is -0.293 e. The highest BCUT2D eigenvalue weighted by atomic mass is 32.2. The SMILES string of the molecule is C=Nc1cccc(CC(=C\C=C/C)/C=C2/SC(=S)CC2=O)c1. The predicted molar refractivity (Wildman–Crippen MR) is 100 cm³/mol. The van der Waals surface area contributed by atoms with E-state index in [1.165, 1.54) is 11.8 Å². The minimum absolute atomic E-state index is 0.114. The van der Waals surface area contributed by atoms with Crippen LogP contribution in [0.25, 0.3) is 0 Å². The average Bonchev–Trinajstić information content (AvgIpc) is 2.82. The van der Waals surface area contributed by atoms with Crippen LogP contribution in [0, 0.1) is 0 Å². The molecular weight excluding hydrogens is 310 g/mol. The van der Waals surface area contributed by atoms with E-state index in [4.69, 9.17) is 12.2 Å². The fraction of sp³-hybridized carbons (Fsp3) is 0.167. The maximum Gasteiger partial charge on any atom is 0.175 e. The summed E-state index contributed by atoms with van der Waals surface area (Å²) in [5.41, 5.74) is 3.05. The van der Waals surface area contributed by atoms with Crippen LogP contribution in [-0.4, -0.2) is 16.7 Å². The van der Waals surface area contributed by atoms with Gasteiger partial charge in [0.1, 0.15) is 0 Å². The molecule has 0 saturated carbocycles. The zero-order chi connectivity index (χ0) is 15.9. The zero-order valence-corrected chi connectivity index (χ0v) is 14.0. The highest BCUT2D eigenvalue weighted by Gasteiger charge is 2.22. The van der Waals surface area contributed by atoms with E-state index in [-0.39, 0.29) is 5.78 Å². The number of hydrogen-bond donors (Lipinski definition) is 0. The monoisotopic (exact) mass is 327 g/mol. The second kappa shape index (κ2) is 8.01. The van der Waals surface area contributed by atoms with Crippen LogP contribution in [0.15, 0.2) is 64.0 Å². The minimum atomic E-state index is 0.114. The van der Waals surface area contributed by atoms with Crippen molar-refractivity contribution in [3.63, 3.8) is 0 Å². The molecule has 0 radical (unpaired) electrons. The number of nitrogens with zero attached hydrogens (tertiary/aromatic N) is 1. The summed E-state index contributed by atoms with van der Waals surface area (Å²) in [5, 5.41) is 0. The van der Waals surface area contributed by atoms with Crippen molar-refractivity contribution in [2.24, 2.45) is 4.99 Å². The highest BCUT2D eigenvalue weighted by Crippen LogP contribution is 2.31. The van der Waals surface area contributed by atoms with Gasteiger partial charge in [0.2, 0.25) is 0 Å². The van der Waals surface area contributed by atoms with E-state index in [2.05, 4.69) is 11.7 Å². The molecule has 0 amide bonds. The summed E-state index contributed by atoms with van der Waals surface area (Å²) in [6, 6.07) is 7.93. The molecular formula is C18H17NOS2. The number of benzene rings is 1. The van der Waals surface area contributed by atoms with Gasteiger partial charge in [-0.25, -0.2) is 0 Å². The number of hydrogen-bond acceptors (Lipinski definition) is 4. The van der Waals surface area contributed by atoms with Crippen LogP contribution in [0.2, 0.25) is 0 Å². The van der Waals surface area contributed by atoms with Gasteiger partial charge in [-0.15, -0.1) is 0 Å². The first-order chi connectivity index (χ1) is 10.6. The van der Waals surface area contributed by atoms with Crippen LogP contribution in [0.3, 0.4) is 0 Å². The van der Waals surface area contributed by atoms with Crippen LogP contribution >= 0.6 is 24.0 Å². The van der Waals surface area contributed by atoms with Crippen molar-refractivity contribution in [3.8, 4) is 0 Å². The number of thioether (sulfide) groups is 1. The van der Waals surface area contributed by atoms with Gasteiger partial charge in [-0.1, -0.05) is 54.3 Å². The maximum atomic E-state index is 11.9. The Morgan fingerprint density at radius 2 is 2.32 bits per heavy atom. The Morgan fingerprint density at radius 1 is 1.50 bits per heavy atom. The molecule has 1 fully saturated rings. The van der Waals surface area contributed by atoms with Crippen LogP contribution < -0.4 is 0 Å². The molecule has 2 rings (SSSR count). The first kappa shape index (κ1) is 16.6. The summed E-state index contributed by atoms with van der Waals surface area (Å²) in [4.78, 5) is 16.6. The summed E-state index contributed by atoms with van der Waals surface area (Å²) in [6.07, 6.45) is 9.02. The third-order valence-electron chi connectivity index (χ3n) is 3.12. The molecule has 0 spiro atoms. The van der Waals surface area contributed by atoms with E-state index in [1.54, 1.807) is 0 Å². The van der Waals surface area contributed by atoms with E-state index in [1.807, 2.05) is 55.5 Å². The van der Waals surface area contributed by atoms with Crippen LogP contribution in [0.5, 0.6) is 0 Å². The summed E-state index contributed by atoms with van der Waals surface area (Å²) in [5.74, 6) is 0.114. The van der Waals surface area contributed by atoms with Crippen molar-refractivity contribution in [2.45, 2.75) is 19.8 Å². The molecule has 4 heteroatoms. The highest BCUT2D eigenvalue weighted by molar-refractivity contribution is 8.27. The molecule has 1 aromatic rings. The number of Topliss-reactive ketones (excluding diaryl/α,β-unsaturated/α-hetero) is 1. The molecule has 0 N–H and O–H groups in total. The smallest absolute Gasteiger partial charge is 0.175 e. The molecule has 2 nitrogen and oxygen atoms in total. The van der Waals surface area contributed by atoms with E-state index >= 15 is 0 Å². The topological polar surface area (TPSA) is 29.4 Å². The lowest BCUT2D eigenvalue weighted by atomic mass is 10.0.